The van der Waals surface area contributed by atoms with E-state index in [1.165, 1.54) is 0 Å². The zero-order chi connectivity index (χ0) is 6.57. The van der Waals surface area contributed by atoms with Crippen LogP contribution in [0.3, 0.4) is 0 Å². The van der Waals surface area contributed by atoms with E-state index in [1.54, 1.807) is 6.07 Å². The van der Waals surface area contributed by atoms with E-state index in [0.717, 1.165) is 0 Å². The van der Waals surface area contributed by atoms with Gasteiger partial charge in [-0.15, -0.1) is 0 Å². The molecule has 0 saturated carbocycles. The van der Waals surface area contributed by atoms with Crippen LogP contribution in [0.5, 0.6) is 0 Å². The quantitative estimate of drug-likeness (QED) is 0.387. The van der Waals surface area contributed by atoms with Gasteiger partial charge in [-0.25, -0.2) is 0 Å². The van der Waals surface area contributed by atoms with Crippen molar-refractivity contribution in [3.05, 3.63) is 0 Å². The molecule has 0 amide bonds. The van der Waals surface area contributed by atoms with E-state index in [2.05, 4.69) is 0 Å². The molecule has 0 aliphatic heterocycles. The average molecular weight is 117 g/mol. The van der Waals surface area contributed by atoms with E-state index in [4.69, 9.17) is 20.6 Å². The van der Waals surface area contributed by atoms with Gasteiger partial charge in [0.15, 0.2) is 6.29 Å². The SMILES string of the molecule is N#CCC(O)C(O)O. The summed E-state index contributed by atoms with van der Waals surface area (Å²) in [5.41, 5.74) is 0. The predicted molar refractivity (Wildman–Crippen MR) is 24.5 cm³/mol. The highest BCUT2D eigenvalue weighted by atomic mass is 16.5. The molecule has 0 aromatic rings. The van der Waals surface area contributed by atoms with Crippen molar-refractivity contribution in [1.82, 2.24) is 0 Å². The molecule has 46 valence electrons. The lowest BCUT2D eigenvalue weighted by atomic mass is 10.3. The van der Waals surface area contributed by atoms with E-state index in [0.29, 0.717) is 0 Å². The van der Waals surface area contributed by atoms with Gasteiger partial charge in [-0.05, 0) is 0 Å². The Morgan fingerprint density at radius 3 is 2.00 bits per heavy atom. The summed E-state index contributed by atoms with van der Waals surface area (Å²) >= 11 is 0. The Morgan fingerprint density at radius 1 is 1.38 bits per heavy atom. The summed E-state index contributed by atoms with van der Waals surface area (Å²) in [7, 11) is 0. The molecule has 0 radical (unpaired) electrons. The molecule has 0 rings (SSSR count). The fraction of sp³-hybridized carbons (Fsp3) is 0.750. The van der Waals surface area contributed by atoms with E-state index in [1.807, 2.05) is 0 Å². The number of rotatable bonds is 2. The molecule has 0 aromatic heterocycles. The molecule has 4 nitrogen and oxygen atoms in total. The van der Waals surface area contributed by atoms with Crippen LogP contribution in [0.2, 0.25) is 0 Å². The van der Waals surface area contributed by atoms with Gasteiger partial charge in [-0.1, -0.05) is 0 Å². The van der Waals surface area contributed by atoms with Crippen molar-refractivity contribution in [1.29, 1.82) is 5.26 Å². The van der Waals surface area contributed by atoms with Gasteiger partial charge in [0.2, 0.25) is 0 Å². The van der Waals surface area contributed by atoms with Crippen molar-refractivity contribution in [2.45, 2.75) is 18.8 Å². The van der Waals surface area contributed by atoms with E-state index in [-0.39, 0.29) is 6.42 Å². The highest BCUT2D eigenvalue weighted by Crippen LogP contribution is 1.92. The number of hydrogen-bond acceptors (Lipinski definition) is 4. The minimum atomic E-state index is -1.80. The van der Waals surface area contributed by atoms with Gasteiger partial charge in [0.1, 0.15) is 6.10 Å². The largest absolute Gasteiger partial charge is 0.387 e. The molecule has 0 fully saturated rings. The maximum absolute atomic E-state index is 8.40. The average Bonchev–Trinajstić information content (AvgIpc) is 1.67. The molecule has 3 N–H and O–H groups in total. The summed E-state index contributed by atoms with van der Waals surface area (Å²) < 4.78 is 0. The third-order valence-corrected chi connectivity index (χ3v) is 0.645. The van der Waals surface area contributed by atoms with Gasteiger partial charge < -0.3 is 15.3 Å². The number of aliphatic hydroxyl groups excluding tert-OH is 2. The Labute approximate surface area is 46.6 Å². The first-order valence-electron chi connectivity index (χ1n) is 2.09. The van der Waals surface area contributed by atoms with E-state index < -0.39 is 12.4 Å². The Kier molecular flexibility index (Phi) is 3.12. The van der Waals surface area contributed by atoms with E-state index in [9.17, 15) is 0 Å². The molecule has 0 aliphatic rings. The van der Waals surface area contributed by atoms with Crippen molar-refractivity contribution in [3.8, 4) is 6.07 Å². The highest BCUT2D eigenvalue weighted by Gasteiger charge is 2.10. The zero-order valence-electron chi connectivity index (χ0n) is 4.15. The van der Waals surface area contributed by atoms with Crippen LogP contribution < -0.4 is 0 Å². The van der Waals surface area contributed by atoms with Crippen LogP contribution in [0.4, 0.5) is 0 Å². The number of hydrogen-bond donors (Lipinski definition) is 3. The second-order valence-corrected chi connectivity index (χ2v) is 1.34. The third kappa shape index (κ3) is 2.53. The molecule has 0 saturated heterocycles. The Hall–Kier alpha value is -0.630. The van der Waals surface area contributed by atoms with Gasteiger partial charge in [0.25, 0.3) is 0 Å². The molecule has 0 heterocycles. The molecule has 1 unspecified atom stereocenters. The lowest BCUT2D eigenvalue weighted by Crippen LogP contribution is -2.24. The molecule has 8 heavy (non-hydrogen) atoms. The summed E-state index contributed by atoms with van der Waals surface area (Å²) in [4.78, 5) is 0. The van der Waals surface area contributed by atoms with Crippen LogP contribution in [0.1, 0.15) is 6.42 Å². The molecule has 0 bridgehead atoms. The molecular weight excluding hydrogens is 110 g/mol. The number of nitrogens with zero attached hydrogens (tertiary/aromatic N) is 1. The standard InChI is InChI=1S/C4H7NO3/c5-2-1-3(6)4(7)8/h3-4,6-8H,1H2. The van der Waals surface area contributed by atoms with E-state index >= 15 is 0 Å². The molecule has 0 aromatic carbocycles. The minimum absolute atomic E-state index is 0.252. The number of aliphatic hydroxyl groups is 3. The normalized spacial score (nSPS) is 13.4. The van der Waals surface area contributed by atoms with Crippen molar-refractivity contribution in [3.63, 3.8) is 0 Å². The van der Waals surface area contributed by atoms with Gasteiger partial charge in [0.05, 0.1) is 12.5 Å². The first kappa shape index (κ1) is 7.37. The topological polar surface area (TPSA) is 84.5 Å². The van der Waals surface area contributed by atoms with Crippen LogP contribution in [-0.2, 0) is 0 Å². The van der Waals surface area contributed by atoms with Gasteiger partial charge in [0, 0.05) is 0 Å². The summed E-state index contributed by atoms with van der Waals surface area (Å²) in [6.45, 7) is 0. The fourth-order valence-corrected chi connectivity index (χ4v) is 0.199. The lowest BCUT2D eigenvalue weighted by molar-refractivity contribution is -0.119. The maximum Gasteiger partial charge on any atom is 0.179 e. The molecule has 4 heteroatoms. The first-order chi connectivity index (χ1) is 3.68. The molecule has 0 aliphatic carbocycles. The second kappa shape index (κ2) is 3.38. The van der Waals surface area contributed by atoms with Crippen molar-refractivity contribution < 1.29 is 15.3 Å². The van der Waals surface area contributed by atoms with Crippen LogP contribution in [0, 0.1) is 11.3 Å². The maximum atomic E-state index is 8.40. The van der Waals surface area contributed by atoms with Gasteiger partial charge in [-0.2, -0.15) is 5.26 Å². The Bertz CT molecular complexity index is 95.9. The zero-order valence-corrected chi connectivity index (χ0v) is 4.15. The second-order valence-electron chi connectivity index (χ2n) is 1.34. The summed E-state index contributed by atoms with van der Waals surface area (Å²) in [6, 6.07) is 1.58. The summed E-state index contributed by atoms with van der Waals surface area (Å²) in [5, 5.41) is 32.5. The van der Waals surface area contributed by atoms with Crippen molar-refractivity contribution in [2.24, 2.45) is 0 Å². The van der Waals surface area contributed by atoms with Gasteiger partial charge >= 0.3 is 0 Å². The lowest BCUT2D eigenvalue weighted by Gasteiger charge is -2.05. The Morgan fingerprint density at radius 2 is 1.88 bits per heavy atom. The minimum Gasteiger partial charge on any atom is -0.387 e. The highest BCUT2D eigenvalue weighted by molar-refractivity contribution is 4.75. The number of nitriles is 1. The van der Waals surface area contributed by atoms with Crippen LogP contribution in [-0.4, -0.2) is 27.7 Å². The first-order valence-corrected chi connectivity index (χ1v) is 2.09. The summed E-state index contributed by atoms with van der Waals surface area (Å²) in [5.74, 6) is 0. The molecular formula is C4H7NO3. The molecule has 0 spiro atoms. The fourth-order valence-electron chi connectivity index (χ4n) is 0.199. The summed E-state index contributed by atoms with van der Waals surface area (Å²) in [6.07, 6.45) is -3.38. The van der Waals surface area contributed by atoms with Crippen molar-refractivity contribution >= 4 is 0 Å². The van der Waals surface area contributed by atoms with Crippen LogP contribution >= 0.6 is 0 Å². The monoisotopic (exact) mass is 117 g/mol. The Balaban J connectivity index is 3.35. The smallest absolute Gasteiger partial charge is 0.179 e. The van der Waals surface area contributed by atoms with Gasteiger partial charge in [-0.3, -0.25) is 0 Å². The van der Waals surface area contributed by atoms with Crippen LogP contribution in [0.15, 0.2) is 0 Å². The predicted octanol–water partition coefficient (Wildman–Crippen LogP) is -1.43. The van der Waals surface area contributed by atoms with Crippen LogP contribution in [0.25, 0.3) is 0 Å². The molecule has 1 atom stereocenters. The van der Waals surface area contributed by atoms with Crippen molar-refractivity contribution in [2.75, 3.05) is 0 Å². The third-order valence-electron chi connectivity index (χ3n) is 0.645.